The zero-order valence-electron chi connectivity index (χ0n) is 10.7. The van der Waals surface area contributed by atoms with E-state index in [1.807, 2.05) is 0 Å². The van der Waals surface area contributed by atoms with Gasteiger partial charge in [0.1, 0.15) is 0 Å². The van der Waals surface area contributed by atoms with E-state index >= 15 is 0 Å². The van der Waals surface area contributed by atoms with Gasteiger partial charge in [0.15, 0.2) is 0 Å². The summed E-state index contributed by atoms with van der Waals surface area (Å²) < 4.78 is 0. The van der Waals surface area contributed by atoms with Gasteiger partial charge in [-0.25, -0.2) is 0 Å². The molecular formula is C16H22. The van der Waals surface area contributed by atoms with Crippen molar-refractivity contribution < 1.29 is 0 Å². The lowest BCUT2D eigenvalue weighted by Gasteiger charge is -2.34. The van der Waals surface area contributed by atoms with E-state index in [1.165, 1.54) is 24.8 Å². The minimum absolute atomic E-state index is 0.439. The van der Waals surface area contributed by atoms with Gasteiger partial charge in [0.05, 0.1) is 0 Å². The number of allylic oxidation sites excluding steroid dienone is 2. The molecule has 16 heavy (non-hydrogen) atoms. The van der Waals surface area contributed by atoms with Crippen LogP contribution < -0.4 is 0 Å². The molecule has 2 rings (SSSR count). The van der Waals surface area contributed by atoms with Crippen molar-refractivity contribution in [3.8, 4) is 0 Å². The van der Waals surface area contributed by atoms with Crippen LogP contribution in [0.1, 0.15) is 45.6 Å². The van der Waals surface area contributed by atoms with Gasteiger partial charge in [0.25, 0.3) is 0 Å². The smallest absolute Gasteiger partial charge is 0.0228 e. The number of rotatable bonds is 1. The van der Waals surface area contributed by atoms with Crippen LogP contribution in [0.3, 0.4) is 0 Å². The molecule has 1 aliphatic carbocycles. The molecule has 0 N–H and O–H groups in total. The SMILES string of the molecule is CC(C)(C)C1CCC=C(c2ccccc2)C1. The second-order valence-corrected chi connectivity index (χ2v) is 5.94. The predicted molar refractivity (Wildman–Crippen MR) is 71.2 cm³/mol. The first kappa shape index (κ1) is 11.4. The number of hydrogen-bond donors (Lipinski definition) is 0. The largest absolute Gasteiger partial charge is 0.0807 e. The summed E-state index contributed by atoms with van der Waals surface area (Å²) in [6.07, 6.45) is 6.26. The highest BCUT2D eigenvalue weighted by molar-refractivity contribution is 5.66. The Morgan fingerprint density at radius 3 is 2.38 bits per heavy atom. The highest BCUT2D eigenvalue weighted by atomic mass is 14.3. The first-order chi connectivity index (χ1) is 7.57. The number of benzene rings is 1. The van der Waals surface area contributed by atoms with Crippen molar-refractivity contribution in [3.63, 3.8) is 0 Å². The molecular weight excluding hydrogens is 192 g/mol. The summed E-state index contributed by atoms with van der Waals surface area (Å²) in [6, 6.07) is 10.8. The Bertz CT molecular complexity index is 365. The Hall–Kier alpha value is -1.04. The fourth-order valence-electron chi connectivity index (χ4n) is 2.54. The normalized spacial score (nSPS) is 21.7. The molecule has 0 nitrogen and oxygen atoms in total. The third-order valence-electron chi connectivity index (χ3n) is 3.74. The number of hydrogen-bond acceptors (Lipinski definition) is 0. The molecule has 0 bridgehead atoms. The zero-order chi connectivity index (χ0) is 11.6. The van der Waals surface area contributed by atoms with Crippen molar-refractivity contribution in [1.82, 2.24) is 0 Å². The van der Waals surface area contributed by atoms with E-state index in [2.05, 4.69) is 57.2 Å². The average molecular weight is 214 g/mol. The summed E-state index contributed by atoms with van der Waals surface area (Å²) in [6.45, 7) is 7.10. The third kappa shape index (κ3) is 2.55. The summed E-state index contributed by atoms with van der Waals surface area (Å²) in [5, 5.41) is 0. The van der Waals surface area contributed by atoms with Gasteiger partial charge in [-0.15, -0.1) is 0 Å². The maximum absolute atomic E-state index is 2.43. The Morgan fingerprint density at radius 2 is 1.75 bits per heavy atom. The van der Waals surface area contributed by atoms with Gasteiger partial charge in [0.2, 0.25) is 0 Å². The standard InChI is InChI=1S/C16H22/c1-16(2,3)15-11-7-10-14(12-15)13-8-5-4-6-9-13/h4-6,8-10,15H,7,11-12H2,1-3H3. The lowest BCUT2D eigenvalue weighted by molar-refractivity contribution is 0.227. The lowest BCUT2D eigenvalue weighted by Crippen LogP contribution is -2.22. The Kier molecular flexibility index (Phi) is 3.18. The molecule has 0 spiro atoms. The molecule has 0 amide bonds. The molecule has 0 aliphatic heterocycles. The third-order valence-corrected chi connectivity index (χ3v) is 3.74. The van der Waals surface area contributed by atoms with Crippen molar-refractivity contribution >= 4 is 5.57 Å². The van der Waals surface area contributed by atoms with Gasteiger partial charge in [-0.05, 0) is 41.7 Å². The highest BCUT2D eigenvalue weighted by Gasteiger charge is 2.27. The van der Waals surface area contributed by atoms with Gasteiger partial charge in [0, 0.05) is 0 Å². The molecule has 1 aromatic rings. The van der Waals surface area contributed by atoms with E-state index in [4.69, 9.17) is 0 Å². The molecule has 86 valence electrons. The molecule has 0 heterocycles. The molecule has 0 saturated carbocycles. The maximum atomic E-state index is 2.43. The van der Waals surface area contributed by atoms with E-state index in [9.17, 15) is 0 Å². The van der Waals surface area contributed by atoms with E-state index in [-0.39, 0.29) is 0 Å². The van der Waals surface area contributed by atoms with Gasteiger partial charge in [-0.3, -0.25) is 0 Å². The lowest BCUT2D eigenvalue weighted by atomic mass is 9.71. The average Bonchev–Trinajstić information content (AvgIpc) is 2.29. The van der Waals surface area contributed by atoms with E-state index < -0.39 is 0 Å². The first-order valence-corrected chi connectivity index (χ1v) is 6.32. The summed E-state index contributed by atoms with van der Waals surface area (Å²) in [5.74, 6) is 0.827. The van der Waals surface area contributed by atoms with Crippen molar-refractivity contribution in [2.45, 2.75) is 40.0 Å². The van der Waals surface area contributed by atoms with E-state index in [1.54, 1.807) is 5.57 Å². The van der Waals surface area contributed by atoms with Crippen LogP contribution in [0.25, 0.3) is 5.57 Å². The maximum Gasteiger partial charge on any atom is -0.0228 e. The summed E-state index contributed by atoms with van der Waals surface area (Å²) in [4.78, 5) is 0. The highest BCUT2D eigenvalue weighted by Crippen LogP contribution is 2.40. The van der Waals surface area contributed by atoms with Crippen LogP contribution in [-0.4, -0.2) is 0 Å². The van der Waals surface area contributed by atoms with Crippen molar-refractivity contribution in [2.75, 3.05) is 0 Å². The monoisotopic (exact) mass is 214 g/mol. The molecule has 0 aromatic heterocycles. The second kappa shape index (κ2) is 4.45. The predicted octanol–water partition coefficient (Wildman–Crippen LogP) is 4.92. The molecule has 0 fully saturated rings. The van der Waals surface area contributed by atoms with Crippen molar-refractivity contribution in [3.05, 3.63) is 42.0 Å². The second-order valence-electron chi connectivity index (χ2n) is 5.94. The summed E-state index contributed by atoms with van der Waals surface area (Å²) in [7, 11) is 0. The molecule has 0 heteroatoms. The molecule has 0 radical (unpaired) electrons. The van der Waals surface area contributed by atoms with Gasteiger partial charge in [-0.2, -0.15) is 0 Å². The zero-order valence-corrected chi connectivity index (χ0v) is 10.7. The van der Waals surface area contributed by atoms with Crippen LogP contribution >= 0.6 is 0 Å². The first-order valence-electron chi connectivity index (χ1n) is 6.32. The minimum atomic E-state index is 0.439. The van der Waals surface area contributed by atoms with Gasteiger partial charge >= 0.3 is 0 Å². The molecule has 0 saturated heterocycles. The molecule has 1 atom stereocenters. The molecule has 1 unspecified atom stereocenters. The van der Waals surface area contributed by atoms with Crippen LogP contribution in [0.4, 0.5) is 0 Å². The van der Waals surface area contributed by atoms with Crippen LogP contribution in [0, 0.1) is 11.3 Å². The quantitative estimate of drug-likeness (QED) is 0.622. The van der Waals surface area contributed by atoms with E-state index in [0.717, 1.165) is 5.92 Å². The Balaban J connectivity index is 2.17. The topological polar surface area (TPSA) is 0 Å². The van der Waals surface area contributed by atoms with Crippen molar-refractivity contribution in [1.29, 1.82) is 0 Å². The summed E-state index contributed by atoms with van der Waals surface area (Å²) in [5.41, 5.74) is 3.40. The fraction of sp³-hybridized carbons (Fsp3) is 0.500. The van der Waals surface area contributed by atoms with Crippen LogP contribution in [0.15, 0.2) is 36.4 Å². The Morgan fingerprint density at radius 1 is 1.06 bits per heavy atom. The van der Waals surface area contributed by atoms with E-state index in [0.29, 0.717) is 5.41 Å². The minimum Gasteiger partial charge on any atom is -0.0807 e. The van der Waals surface area contributed by atoms with Crippen LogP contribution in [0.2, 0.25) is 0 Å². The molecule has 1 aliphatic rings. The van der Waals surface area contributed by atoms with Crippen LogP contribution in [-0.2, 0) is 0 Å². The Labute approximate surface area is 99.4 Å². The summed E-state index contributed by atoms with van der Waals surface area (Å²) >= 11 is 0. The van der Waals surface area contributed by atoms with Gasteiger partial charge in [-0.1, -0.05) is 57.2 Å². The molecule has 1 aromatic carbocycles. The van der Waals surface area contributed by atoms with Crippen molar-refractivity contribution in [2.24, 2.45) is 11.3 Å². The fourth-order valence-corrected chi connectivity index (χ4v) is 2.54. The van der Waals surface area contributed by atoms with Crippen LogP contribution in [0.5, 0.6) is 0 Å². The van der Waals surface area contributed by atoms with Gasteiger partial charge < -0.3 is 0 Å².